The van der Waals surface area contributed by atoms with Gasteiger partial charge in [0.1, 0.15) is 11.9 Å². The molecule has 0 spiro atoms. The number of benzene rings is 1. The highest BCUT2D eigenvalue weighted by atomic mass is 32.1. The number of rotatable bonds is 2. The van der Waals surface area contributed by atoms with E-state index < -0.39 is 6.04 Å². The molecule has 3 N–H and O–H groups in total. The summed E-state index contributed by atoms with van der Waals surface area (Å²) < 4.78 is 15.5. The van der Waals surface area contributed by atoms with Crippen LogP contribution < -0.4 is 11.1 Å². The lowest BCUT2D eigenvalue weighted by Gasteiger charge is -2.34. The fraction of sp³-hybridized carbons (Fsp3) is 0.211. The number of anilines is 2. The van der Waals surface area contributed by atoms with E-state index in [9.17, 15) is 9.18 Å². The smallest absolute Gasteiger partial charge is 0.241 e. The third-order valence-corrected chi connectivity index (χ3v) is 6.08. The number of nitrogens with two attached hydrogens (primary N) is 1. The van der Waals surface area contributed by atoms with Gasteiger partial charge in [-0.2, -0.15) is 4.98 Å². The number of carbonyl (C=O) groups excluding carboxylic acids is 1. The van der Waals surface area contributed by atoms with Crippen LogP contribution in [-0.4, -0.2) is 20.5 Å². The van der Waals surface area contributed by atoms with Gasteiger partial charge in [0.05, 0.1) is 0 Å². The molecule has 6 nitrogen and oxygen atoms in total. The number of nitrogen functional groups attached to an aromatic ring is 1. The number of nitrogens with zero attached hydrogens (tertiary/aromatic N) is 3. The van der Waals surface area contributed by atoms with Gasteiger partial charge in [0.2, 0.25) is 11.9 Å². The summed E-state index contributed by atoms with van der Waals surface area (Å²) in [5.41, 5.74) is 7.88. The van der Waals surface area contributed by atoms with E-state index in [1.54, 1.807) is 28.2 Å². The van der Waals surface area contributed by atoms with Crippen LogP contribution >= 0.6 is 11.3 Å². The van der Waals surface area contributed by atoms with Crippen LogP contribution in [0.5, 0.6) is 0 Å². The number of allylic oxidation sites excluding steroid dienone is 2. The van der Waals surface area contributed by atoms with Crippen LogP contribution in [0, 0.1) is 5.82 Å². The lowest BCUT2D eigenvalue weighted by atomic mass is 9.80. The van der Waals surface area contributed by atoms with E-state index in [1.807, 2.05) is 11.4 Å². The van der Waals surface area contributed by atoms with E-state index in [0.717, 1.165) is 5.70 Å². The summed E-state index contributed by atoms with van der Waals surface area (Å²) in [5.74, 6) is 0.392. The Balaban J connectivity index is 1.65. The largest absolute Gasteiger partial charge is 0.366 e. The van der Waals surface area contributed by atoms with E-state index in [0.29, 0.717) is 29.9 Å². The number of hydrogen-bond donors (Lipinski definition) is 2. The molecule has 136 valence electrons. The Morgan fingerprint density at radius 2 is 2.15 bits per heavy atom. The molecular formula is C19H16FN5OS. The molecule has 1 aliphatic carbocycles. The summed E-state index contributed by atoms with van der Waals surface area (Å²) in [4.78, 5) is 18.6. The first-order valence-corrected chi connectivity index (χ1v) is 9.52. The molecule has 2 atom stereocenters. The highest BCUT2D eigenvalue weighted by Gasteiger charge is 2.39. The van der Waals surface area contributed by atoms with Gasteiger partial charge >= 0.3 is 0 Å². The molecule has 3 aromatic rings. The van der Waals surface area contributed by atoms with Gasteiger partial charge in [0.15, 0.2) is 5.78 Å². The molecule has 3 heterocycles. The minimum atomic E-state index is -0.534. The number of Topliss-reactive ketones (excluding diaryl/α,β-unsaturated/α-hetero) is 1. The van der Waals surface area contributed by atoms with Crippen LogP contribution in [0.15, 0.2) is 53.0 Å². The number of thiophene rings is 1. The van der Waals surface area contributed by atoms with Gasteiger partial charge in [-0.1, -0.05) is 18.2 Å². The average molecular weight is 381 g/mol. The lowest BCUT2D eigenvalue weighted by Crippen LogP contribution is -2.33. The van der Waals surface area contributed by atoms with Crippen molar-refractivity contribution in [3.05, 3.63) is 69.3 Å². The molecule has 0 amide bonds. The van der Waals surface area contributed by atoms with Crippen LogP contribution in [0.4, 0.5) is 16.3 Å². The first-order valence-electron chi connectivity index (χ1n) is 8.64. The van der Waals surface area contributed by atoms with E-state index in [4.69, 9.17) is 5.73 Å². The number of carbonyl (C=O) groups is 1. The molecule has 0 radical (unpaired) electrons. The van der Waals surface area contributed by atoms with Gasteiger partial charge in [-0.3, -0.25) is 4.79 Å². The third-order valence-electron chi connectivity index (χ3n) is 5.05. The van der Waals surface area contributed by atoms with Crippen molar-refractivity contribution in [1.82, 2.24) is 14.8 Å². The molecule has 0 unspecified atom stereocenters. The van der Waals surface area contributed by atoms with Crippen LogP contribution in [0.3, 0.4) is 0 Å². The number of hydrogen-bond acceptors (Lipinski definition) is 6. The summed E-state index contributed by atoms with van der Waals surface area (Å²) >= 11 is 1.65. The molecule has 8 heteroatoms. The molecular weight excluding hydrogens is 365 g/mol. The molecule has 1 aliphatic heterocycles. The fourth-order valence-electron chi connectivity index (χ4n) is 3.94. The first-order chi connectivity index (χ1) is 13.1. The number of halogens is 1. The maximum absolute atomic E-state index is 13.9. The van der Waals surface area contributed by atoms with Gasteiger partial charge < -0.3 is 11.1 Å². The SMILES string of the molecule is Nc1nc2n(n1)[C@@H](c1cccc(F)c1)C1=C(C[C@@H](c3cccs3)CC1=O)N2. The zero-order valence-electron chi connectivity index (χ0n) is 14.2. The Morgan fingerprint density at radius 1 is 1.26 bits per heavy atom. The van der Waals surface area contributed by atoms with Crippen molar-refractivity contribution in [2.75, 3.05) is 11.1 Å². The lowest BCUT2D eigenvalue weighted by molar-refractivity contribution is -0.116. The Kier molecular flexibility index (Phi) is 3.61. The van der Waals surface area contributed by atoms with Crippen LogP contribution in [-0.2, 0) is 4.79 Å². The zero-order chi connectivity index (χ0) is 18.5. The molecule has 27 heavy (non-hydrogen) atoms. The zero-order valence-corrected chi connectivity index (χ0v) is 15.0. The Bertz CT molecular complexity index is 1070. The minimum absolute atomic E-state index is 0.0381. The molecule has 5 rings (SSSR count). The first kappa shape index (κ1) is 16.2. The second-order valence-electron chi connectivity index (χ2n) is 6.76. The fourth-order valence-corrected chi connectivity index (χ4v) is 4.77. The molecule has 0 bridgehead atoms. The van der Waals surface area contributed by atoms with Crippen LogP contribution in [0.25, 0.3) is 0 Å². The standard InChI is InChI=1S/C19H16FN5OS/c20-12-4-1-3-10(7-12)17-16-13(22-19-23-18(21)24-25(17)19)8-11(9-14(16)26)15-5-2-6-27-15/h1-7,11,17H,8-9H2,(H3,21,22,23,24)/t11-,17+/m1/s1. The van der Waals surface area contributed by atoms with Gasteiger partial charge in [0, 0.05) is 28.5 Å². The van der Waals surface area contributed by atoms with Crippen LogP contribution in [0.2, 0.25) is 0 Å². The molecule has 0 fully saturated rings. The Hall–Kier alpha value is -3.00. The van der Waals surface area contributed by atoms with Crippen molar-refractivity contribution in [2.24, 2.45) is 0 Å². The average Bonchev–Trinajstić information content (AvgIpc) is 3.28. The van der Waals surface area contributed by atoms with Crippen molar-refractivity contribution >= 4 is 29.0 Å². The summed E-state index contributed by atoms with van der Waals surface area (Å²) in [6.45, 7) is 0. The number of ketones is 1. The molecule has 0 saturated heterocycles. The summed E-state index contributed by atoms with van der Waals surface area (Å²) in [6.07, 6.45) is 1.12. The summed E-state index contributed by atoms with van der Waals surface area (Å²) in [7, 11) is 0. The van der Waals surface area contributed by atoms with Crippen molar-refractivity contribution in [1.29, 1.82) is 0 Å². The van der Waals surface area contributed by atoms with E-state index in [2.05, 4.69) is 21.5 Å². The molecule has 1 aromatic carbocycles. The van der Waals surface area contributed by atoms with E-state index in [-0.39, 0.29) is 23.5 Å². The van der Waals surface area contributed by atoms with Crippen molar-refractivity contribution in [2.45, 2.75) is 24.8 Å². The van der Waals surface area contributed by atoms with Gasteiger partial charge in [-0.05, 0) is 35.6 Å². The predicted molar refractivity (Wildman–Crippen MR) is 101 cm³/mol. The maximum atomic E-state index is 13.9. The molecule has 0 saturated carbocycles. The number of fused-ring (bicyclic) bond motifs is 1. The summed E-state index contributed by atoms with van der Waals surface area (Å²) in [5, 5.41) is 9.50. The van der Waals surface area contributed by atoms with Crippen LogP contribution in [0.1, 0.15) is 35.2 Å². The van der Waals surface area contributed by atoms with Gasteiger partial charge in [-0.25, -0.2) is 9.07 Å². The van der Waals surface area contributed by atoms with Crippen molar-refractivity contribution < 1.29 is 9.18 Å². The monoisotopic (exact) mass is 381 g/mol. The molecule has 2 aromatic heterocycles. The van der Waals surface area contributed by atoms with Gasteiger partial charge in [0.25, 0.3) is 0 Å². The predicted octanol–water partition coefficient (Wildman–Crippen LogP) is 3.48. The maximum Gasteiger partial charge on any atom is 0.241 e. The number of nitrogens with one attached hydrogen (secondary N) is 1. The Labute approximate surface area is 158 Å². The molecule has 2 aliphatic rings. The third kappa shape index (κ3) is 2.64. The highest BCUT2D eigenvalue weighted by molar-refractivity contribution is 7.10. The topological polar surface area (TPSA) is 85.8 Å². The quantitative estimate of drug-likeness (QED) is 0.710. The van der Waals surface area contributed by atoms with Gasteiger partial charge in [-0.15, -0.1) is 16.4 Å². The highest BCUT2D eigenvalue weighted by Crippen LogP contribution is 2.44. The second kappa shape index (κ2) is 6.02. The normalized spacial score (nSPS) is 21.6. The van der Waals surface area contributed by atoms with E-state index in [1.165, 1.54) is 17.0 Å². The van der Waals surface area contributed by atoms with E-state index >= 15 is 0 Å². The van der Waals surface area contributed by atoms with Crippen molar-refractivity contribution in [3.63, 3.8) is 0 Å². The Morgan fingerprint density at radius 3 is 2.93 bits per heavy atom. The second-order valence-corrected chi connectivity index (χ2v) is 7.74. The minimum Gasteiger partial charge on any atom is -0.366 e. The summed E-state index contributed by atoms with van der Waals surface area (Å²) in [6, 6.07) is 9.76. The number of aromatic nitrogens is 3. The van der Waals surface area contributed by atoms with Crippen molar-refractivity contribution in [3.8, 4) is 0 Å².